The van der Waals surface area contributed by atoms with Gasteiger partial charge in [0.1, 0.15) is 5.69 Å². The van der Waals surface area contributed by atoms with E-state index >= 15 is 0 Å². The largest absolute Gasteiger partial charge is 0.480 e. The molecule has 7 rings (SSSR count). The molecule has 0 bridgehead atoms. The first-order valence-electron chi connectivity index (χ1n) is 14.5. The fourth-order valence-electron chi connectivity index (χ4n) is 6.66. The van der Waals surface area contributed by atoms with E-state index in [1.54, 1.807) is 13.3 Å². The molecule has 3 aromatic rings. The molecule has 0 spiro atoms. The molecule has 0 N–H and O–H groups in total. The fraction of sp³-hybridized carbons (Fsp3) is 0.516. The molecular weight excluding hydrogens is 488 g/mol. The van der Waals surface area contributed by atoms with Crippen molar-refractivity contribution in [3.05, 3.63) is 65.0 Å². The number of carbonyl (C=O) groups excluding carboxylic acids is 1. The molecule has 4 aliphatic rings. The van der Waals surface area contributed by atoms with Gasteiger partial charge in [-0.3, -0.25) is 9.58 Å². The number of fused-ring (bicyclic) bond motifs is 1. The Bertz CT molecular complexity index is 1390. The smallest absolute Gasteiger partial charge is 0.326 e. The number of aryl methyl sites for hydroxylation is 1. The molecule has 2 aliphatic heterocycles. The molecule has 2 aliphatic carbocycles. The van der Waals surface area contributed by atoms with Crippen molar-refractivity contribution in [2.45, 2.75) is 83.0 Å². The van der Waals surface area contributed by atoms with Crippen LogP contribution >= 0.6 is 0 Å². The average Bonchev–Trinajstić information content (AvgIpc) is 3.89. The van der Waals surface area contributed by atoms with Crippen LogP contribution in [0.3, 0.4) is 0 Å². The Hall–Kier alpha value is -3.55. The van der Waals surface area contributed by atoms with E-state index in [2.05, 4.69) is 63.8 Å². The van der Waals surface area contributed by atoms with Gasteiger partial charge in [0.25, 0.3) is 0 Å². The zero-order valence-electron chi connectivity index (χ0n) is 23.2. The van der Waals surface area contributed by atoms with Crippen molar-refractivity contribution in [2.75, 3.05) is 30.0 Å². The van der Waals surface area contributed by atoms with Gasteiger partial charge in [-0.1, -0.05) is 24.3 Å². The number of carbonyl (C=O) groups is 1. The van der Waals surface area contributed by atoms with Crippen LogP contribution in [0.5, 0.6) is 5.88 Å². The first kappa shape index (κ1) is 24.5. The van der Waals surface area contributed by atoms with Crippen molar-refractivity contribution >= 4 is 17.5 Å². The average molecular weight is 527 g/mol. The predicted molar refractivity (Wildman–Crippen MR) is 152 cm³/mol. The number of methoxy groups -OCH3 is 1. The lowest BCUT2D eigenvalue weighted by molar-refractivity contribution is 0.136. The maximum absolute atomic E-state index is 14.4. The Labute approximate surface area is 230 Å². The predicted octanol–water partition coefficient (Wildman–Crippen LogP) is 5.98. The highest BCUT2D eigenvalue weighted by Gasteiger charge is 2.43. The van der Waals surface area contributed by atoms with Crippen LogP contribution < -0.4 is 14.5 Å². The Morgan fingerprint density at radius 3 is 2.46 bits per heavy atom. The standard InChI is InChI=1S/C31H38N6O2/c1-20-12-15-32-30(39-3)28(20)34-16-13-25(14-17-34)37-21(2)27-19-36(24-10-11-24)33-29(27)35(31(37)38)18-23-6-4-5-7-26(23)22-8-9-22/h4-7,12,15,19,21-22,24-25H,8-11,13-14,16-18H2,1-3H3/t21-/m0/s1. The number of benzene rings is 1. The molecule has 1 atom stereocenters. The fourth-order valence-corrected chi connectivity index (χ4v) is 6.66. The second-order valence-corrected chi connectivity index (χ2v) is 11.7. The van der Waals surface area contributed by atoms with Gasteiger partial charge in [-0.25, -0.2) is 9.78 Å². The minimum Gasteiger partial charge on any atom is -0.480 e. The van der Waals surface area contributed by atoms with Crippen LogP contribution in [0, 0.1) is 6.92 Å². The number of urea groups is 1. The number of anilines is 2. The van der Waals surface area contributed by atoms with E-state index in [1.165, 1.54) is 47.9 Å². The number of ether oxygens (including phenoxy) is 1. The number of piperidine rings is 1. The Balaban J connectivity index is 1.18. The molecule has 2 amide bonds. The van der Waals surface area contributed by atoms with Gasteiger partial charge in [-0.15, -0.1) is 0 Å². The van der Waals surface area contributed by atoms with E-state index in [-0.39, 0.29) is 18.1 Å². The Morgan fingerprint density at radius 2 is 1.74 bits per heavy atom. The Morgan fingerprint density at radius 1 is 0.974 bits per heavy atom. The van der Waals surface area contributed by atoms with Gasteiger partial charge in [0.05, 0.1) is 25.7 Å². The first-order chi connectivity index (χ1) is 19.0. The van der Waals surface area contributed by atoms with Crippen molar-refractivity contribution in [1.29, 1.82) is 0 Å². The molecule has 1 saturated heterocycles. The quantitative estimate of drug-likeness (QED) is 0.379. The minimum absolute atomic E-state index is 0.00106. The summed E-state index contributed by atoms with van der Waals surface area (Å²) in [7, 11) is 1.68. The summed E-state index contributed by atoms with van der Waals surface area (Å²) in [6, 6.07) is 11.5. The molecule has 0 radical (unpaired) electrons. The van der Waals surface area contributed by atoms with Gasteiger partial charge in [0.15, 0.2) is 5.82 Å². The molecule has 8 heteroatoms. The van der Waals surface area contributed by atoms with E-state index in [0.717, 1.165) is 37.4 Å². The molecular formula is C31H38N6O2. The monoisotopic (exact) mass is 526 g/mol. The lowest BCUT2D eigenvalue weighted by atomic mass is 9.96. The maximum atomic E-state index is 14.4. The first-order valence-corrected chi connectivity index (χ1v) is 14.5. The van der Waals surface area contributed by atoms with Crippen LogP contribution in [0.2, 0.25) is 0 Å². The molecule has 8 nitrogen and oxygen atoms in total. The second kappa shape index (κ2) is 9.57. The van der Waals surface area contributed by atoms with Gasteiger partial charge in [-0.2, -0.15) is 5.10 Å². The van der Waals surface area contributed by atoms with Gasteiger partial charge in [-0.05, 0) is 81.0 Å². The lowest BCUT2D eigenvalue weighted by Gasteiger charge is -2.46. The molecule has 39 heavy (non-hydrogen) atoms. The third kappa shape index (κ3) is 4.34. The van der Waals surface area contributed by atoms with Gasteiger partial charge < -0.3 is 14.5 Å². The van der Waals surface area contributed by atoms with E-state index in [1.807, 2.05) is 11.0 Å². The van der Waals surface area contributed by atoms with Crippen molar-refractivity contribution in [3.8, 4) is 5.88 Å². The van der Waals surface area contributed by atoms with E-state index < -0.39 is 0 Å². The summed E-state index contributed by atoms with van der Waals surface area (Å²) < 4.78 is 7.71. The van der Waals surface area contributed by atoms with Gasteiger partial charge >= 0.3 is 6.03 Å². The van der Waals surface area contributed by atoms with E-state index in [4.69, 9.17) is 9.84 Å². The summed E-state index contributed by atoms with van der Waals surface area (Å²) in [5.41, 5.74) is 6.07. The van der Waals surface area contributed by atoms with Crippen LogP contribution in [0.15, 0.2) is 42.7 Å². The minimum atomic E-state index is 0.00106. The van der Waals surface area contributed by atoms with Crippen LogP contribution in [-0.2, 0) is 6.54 Å². The highest BCUT2D eigenvalue weighted by molar-refractivity contribution is 5.94. The topological polar surface area (TPSA) is 66.7 Å². The molecule has 4 heterocycles. The number of nitrogens with zero attached hydrogens (tertiary/aromatic N) is 6. The van der Waals surface area contributed by atoms with Crippen LogP contribution in [-0.4, -0.2) is 51.9 Å². The van der Waals surface area contributed by atoms with Crippen molar-refractivity contribution in [3.63, 3.8) is 0 Å². The molecule has 0 unspecified atom stereocenters. The number of pyridine rings is 1. The normalized spacial score (nSPS) is 21.9. The zero-order chi connectivity index (χ0) is 26.7. The molecule has 3 fully saturated rings. The SMILES string of the molecule is COc1nccc(C)c1N1CCC(N2C(=O)N(Cc3ccccc3C3CC3)c3nn(C4CC4)cc3[C@@H]2C)CC1. The molecule has 2 saturated carbocycles. The molecule has 1 aromatic carbocycles. The van der Waals surface area contributed by atoms with Crippen LogP contribution in [0.4, 0.5) is 16.3 Å². The van der Waals surface area contributed by atoms with Crippen LogP contribution in [0.1, 0.15) is 85.7 Å². The van der Waals surface area contributed by atoms with Gasteiger partial charge in [0, 0.05) is 37.1 Å². The van der Waals surface area contributed by atoms with Crippen molar-refractivity contribution < 1.29 is 9.53 Å². The van der Waals surface area contributed by atoms with E-state index in [0.29, 0.717) is 24.4 Å². The number of aromatic nitrogens is 3. The van der Waals surface area contributed by atoms with Crippen molar-refractivity contribution in [1.82, 2.24) is 19.7 Å². The zero-order valence-corrected chi connectivity index (χ0v) is 23.2. The summed E-state index contributed by atoms with van der Waals surface area (Å²) in [6.45, 7) is 6.60. The number of rotatable bonds is 7. The molecule has 204 valence electrons. The third-order valence-electron chi connectivity index (χ3n) is 9.10. The maximum Gasteiger partial charge on any atom is 0.326 e. The summed E-state index contributed by atoms with van der Waals surface area (Å²) in [4.78, 5) is 25.3. The number of amides is 2. The summed E-state index contributed by atoms with van der Waals surface area (Å²) in [5.74, 6) is 2.17. The lowest BCUT2D eigenvalue weighted by Crippen LogP contribution is -2.55. The van der Waals surface area contributed by atoms with Crippen LogP contribution in [0.25, 0.3) is 0 Å². The number of hydrogen-bond acceptors (Lipinski definition) is 5. The van der Waals surface area contributed by atoms with Crippen molar-refractivity contribution in [2.24, 2.45) is 0 Å². The summed E-state index contributed by atoms with van der Waals surface area (Å²) >= 11 is 0. The summed E-state index contributed by atoms with van der Waals surface area (Å²) in [6.07, 6.45) is 10.7. The highest BCUT2D eigenvalue weighted by atomic mass is 16.5. The highest BCUT2D eigenvalue weighted by Crippen LogP contribution is 2.45. The Kier molecular flexibility index (Phi) is 6.01. The second-order valence-electron chi connectivity index (χ2n) is 11.7. The van der Waals surface area contributed by atoms with Gasteiger partial charge in [0.2, 0.25) is 5.88 Å². The summed E-state index contributed by atoms with van der Waals surface area (Å²) in [5, 5.41) is 5.01. The molecule has 2 aromatic heterocycles. The third-order valence-corrected chi connectivity index (χ3v) is 9.10. The number of hydrogen-bond donors (Lipinski definition) is 0. The van der Waals surface area contributed by atoms with E-state index in [9.17, 15) is 4.79 Å².